The number of fused-ring (bicyclic) bond motifs is 5. The van der Waals surface area contributed by atoms with Gasteiger partial charge in [0.25, 0.3) is 0 Å². The SMILES string of the molecule is COc1ccc2c(ccc3nc4c(C)cnc(NCCCN(C)CCOCCOCCOCCn5cc(CCCN(C)CCCNc6nc(CN7CCN(C(c8ccc(Cl)cc8)c8ccc(Cl)cc8)CC7)nc7ccccc67)nn5)c4nc32)c1. The molecule has 0 saturated carbocycles. The van der Waals surface area contributed by atoms with Crippen molar-refractivity contribution in [2.45, 2.75) is 51.7 Å². The van der Waals surface area contributed by atoms with Gasteiger partial charge in [0, 0.05) is 79.0 Å². The molecule has 5 heterocycles. The summed E-state index contributed by atoms with van der Waals surface area (Å²) in [5.74, 6) is 3.30. The Balaban J connectivity index is 0.549. The minimum Gasteiger partial charge on any atom is -0.497 e. The molecule has 0 spiro atoms. The van der Waals surface area contributed by atoms with Crippen molar-refractivity contribution in [1.82, 2.24) is 59.5 Å². The highest BCUT2D eigenvalue weighted by molar-refractivity contribution is 6.30. The number of likely N-dealkylation sites (N-methyl/N-ethyl adjacent to an activating group) is 1. The molecule has 0 unspecified atom stereocenters. The molecule has 0 aliphatic carbocycles. The van der Waals surface area contributed by atoms with Crippen LogP contribution in [0, 0.1) is 6.92 Å². The second-order valence-electron chi connectivity index (χ2n) is 21.6. The van der Waals surface area contributed by atoms with E-state index >= 15 is 0 Å². The van der Waals surface area contributed by atoms with E-state index in [-0.39, 0.29) is 6.04 Å². The standard InChI is InChI=1S/C64H78Cl2N14O4/c1-46-43-69-64(61-59(46)71-57-24-17-49-42-53(81-4)22-23-54(49)60(57)73-61)68-26-9-29-77(3)34-36-82-38-40-84-41-39-83-37-35-80-44-52(74-75-80)10-7-27-76(2)28-8-25-67-63-55-11-5-6-12-56(55)70-58(72-63)45-78-30-32-79(33-31-78)62(47-13-18-50(65)19-14-47)48-15-20-51(66)21-16-48/h5-6,11-24,42-44,62H,7-10,25-41,45H2,1-4H3,(H,68,69)(H,67,70,72). The number of methoxy groups -OCH3 is 1. The number of piperazine rings is 1. The van der Waals surface area contributed by atoms with E-state index in [1.54, 1.807) is 7.11 Å². The molecular weight excluding hydrogens is 1100 g/mol. The smallest absolute Gasteiger partial charge is 0.154 e. The molecule has 5 aromatic carbocycles. The molecule has 1 aliphatic rings. The molecule has 0 radical (unpaired) electrons. The second kappa shape index (κ2) is 30.4. The van der Waals surface area contributed by atoms with E-state index in [0.29, 0.717) is 52.7 Å². The first-order valence-electron chi connectivity index (χ1n) is 29.4. The van der Waals surface area contributed by atoms with Crippen molar-refractivity contribution in [3.05, 3.63) is 154 Å². The summed E-state index contributed by atoms with van der Waals surface area (Å²) in [6.07, 6.45) is 7.69. The zero-order valence-electron chi connectivity index (χ0n) is 48.9. The van der Waals surface area contributed by atoms with Crippen LogP contribution < -0.4 is 15.4 Å². The van der Waals surface area contributed by atoms with Crippen LogP contribution >= 0.6 is 23.2 Å². The molecule has 9 aromatic rings. The van der Waals surface area contributed by atoms with E-state index in [2.05, 4.69) is 103 Å². The number of ether oxygens (including phenoxy) is 4. The Kier molecular flexibility index (Phi) is 21.9. The molecule has 10 rings (SSSR count). The van der Waals surface area contributed by atoms with Crippen LogP contribution in [0.2, 0.25) is 10.0 Å². The van der Waals surface area contributed by atoms with Gasteiger partial charge in [-0.05, 0) is 149 Å². The van der Waals surface area contributed by atoms with Crippen LogP contribution in [-0.4, -0.2) is 186 Å². The third-order valence-corrected chi connectivity index (χ3v) is 15.9. The number of nitrogens with zero attached hydrogens (tertiary/aromatic N) is 12. The van der Waals surface area contributed by atoms with Crippen LogP contribution in [0.4, 0.5) is 11.6 Å². The van der Waals surface area contributed by atoms with Crippen LogP contribution in [0.3, 0.4) is 0 Å². The first-order valence-corrected chi connectivity index (χ1v) is 30.1. The Morgan fingerprint density at radius 3 is 2.01 bits per heavy atom. The normalized spacial score (nSPS) is 13.4. The first-order chi connectivity index (χ1) is 41.1. The van der Waals surface area contributed by atoms with Gasteiger partial charge in [-0.15, -0.1) is 5.10 Å². The lowest BCUT2D eigenvalue weighted by Crippen LogP contribution is -2.47. The summed E-state index contributed by atoms with van der Waals surface area (Å²) in [4.78, 5) is 34.6. The van der Waals surface area contributed by atoms with Crippen LogP contribution in [-0.2, 0) is 33.7 Å². The topological polar surface area (TPSA) is 169 Å². The molecule has 0 bridgehead atoms. The Labute approximate surface area is 502 Å². The molecule has 442 valence electrons. The Bertz CT molecular complexity index is 3490. The fraction of sp³-hybridized carbons (Fsp3) is 0.422. The number of hydrogen-bond donors (Lipinski definition) is 2. The maximum absolute atomic E-state index is 6.29. The quantitative estimate of drug-likeness (QED) is 0.0232. The largest absolute Gasteiger partial charge is 0.497 e. The highest BCUT2D eigenvalue weighted by Crippen LogP contribution is 2.33. The summed E-state index contributed by atoms with van der Waals surface area (Å²) < 4.78 is 24.7. The third kappa shape index (κ3) is 16.6. The summed E-state index contributed by atoms with van der Waals surface area (Å²) in [5.41, 5.74) is 8.75. The predicted molar refractivity (Wildman–Crippen MR) is 337 cm³/mol. The average molecular weight is 1180 g/mol. The van der Waals surface area contributed by atoms with Crippen LogP contribution in [0.5, 0.6) is 5.75 Å². The van der Waals surface area contributed by atoms with Gasteiger partial charge in [-0.3, -0.25) is 9.80 Å². The number of aromatic nitrogens is 8. The maximum Gasteiger partial charge on any atom is 0.154 e. The Morgan fingerprint density at radius 2 is 1.29 bits per heavy atom. The fourth-order valence-corrected chi connectivity index (χ4v) is 11.0. The van der Waals surface area contributed by atoms with Crippen molar-refractivity contribution in [3.8, 4) is 5.75 Å². The monoisotopic (exact) mass is 1180 g/mol. The highest BCUT2D eigenvalue weighted by atomic mass is 35.5. The van der Waals surface area contributed by atoms with E-state index < -0.39 is 0 Å². The van der Waals surface area contributed by atoms with Gasteiger partial charge < -0.3 is 39.4 Å². The molecule has 20 heteroatoms. The molecule has 4 aromatic heterocycles. The van der Waals surface area contributed by atoms with Crippen molar-refractivity contribution in [2.24, 2.45) is 0 Å². The van der Waals surface area contributed by atoms with Crippen molar-refractivity contribution in [2.75, 3.05) is 137 Å². The second-order valence-corrected chi connectivity index (χ2v) is 22.5. The Morgan fingerprint density at radius 1 is 0.619 bits per heavy atom. The third-order valence-electron chi connectivity index (χ3n) is 15.4. The van der Waals surface area contributed by atoms with Crippen molar-refractivity contribution < 1.29 is 18.9 Å². The lowest BCUT2D eigenvalue weighted by atomic mass is 9.96. The summed E-state index contributed by atoms with van der Waals surface area (Å²) in [5, 5.41) is 20.5. The number of anilines is 2. The molecule has 0 amide bonds. The molecule has 84 heavy (non-hydrogen) atoms. The van der Waals surface area contributed by atoms with Crippen molar-refractivity contribution in [3.63, 3.8) is 0 Å². The van der Waals surface area contributed by atoms with Gasteiger partial charge in [0.1, 0.15) is 22.9 Å². The number of aryl methyl sites for hydroxylation is 2. The highest BCUT2D eigenvalue weighted by Gasteiger charge is 2.27. The van der Waals surface area contributed by atoms with Gasteiger partial charge in [0.15, 0.2) is 5.82 Å². The molecule has 18 nitrogen and oxygen atoms in total. The summed E-state index contributed by atoms with van der Waals surface area (Å²) >= 11 is 12.6. The maximum atomic E-state index is 6.29. The van der Waals surface area contributed by atoms with Gasteiger partial charge in [0.05, 0.1) is 93.6 Å². The van der Waals surface area contributed by atoms with E-state index in [1.165, 1.54) is 11.1 Å². The molecule has 1 saturated heterocycles. The number of nitrogens with one attached hydrogen (secondary N) is 2. The number of benzene rings is 5. The van der Waals surface area contributed by atoms with Crippen molar-refractivity contribution in [1.29, 1.82) is 0 Å². The molecular formula is C64H78Cl2N14O4. The molecule has 0 atom stereocenters. The number of hydrogen-bond acceptors (Lipinski definition) is 17. The molecule has 1 aliphatic heterocycles. The average Bonchev–Trinajstić information content (AvgIpc) is 4.08. The lowest BCUT2D eigenvalue weighted by Gasteiger charge is -2.39. The minimum atomic E-state index is 0.114. The zero-order valence-corrected chi connectivity index (χ0v) is 50.4. The van der Waals surface area contributed by atoms with Crippen molar-refractivity contribution >= 4 is 78.6 Å². The van der Waals surface area contributed by atoms with E-state index in [9.17, 15) is 0 Å². The number of rotatable bonds is 32. The van der Waals surface area contributed by atoms with Gasteiger partial charge in [-0.2, -0.15) is 0 Å². The van der Waals surface area contributed by atoms with Gasteiger partial charge in [-0.1, -0.05) is 70.9 Å². The van der Waals surface area contributed by atoms with Gasteiger partial charge in [0.2, 0.25) is 0 Å². The van der Waals surface area contributed by atoms with Crippen LogP contribution in [0.15, 0.2) is 116 Å². The van der Waals surface area contributed by atoms with Crippen LogP contribution in [0.1, 0.15) is 53.5 Å². The predicted octanol–water partition coefficient (Wildman–Crippen LogP) is 10.2. The summed E-state index contributed by atoms with van der Waals surface area (Å²) in [7, 11) is 5.97. The number of para-hydroxylation sites is 1. The minimum absolute atomic E-state index is 0.114. The Hall–Kier alpha value is -6.71. The molecule has 1 fully saturated rings. The van der Waals surface area contributed by atoms with E-state index in [4.69, 9.17) is 67.1 Å². The van der Waals surface area contributed by atoms with E-state index in [0.717, 1.165) is 179 Å². The number of halogens is 2. The zero-order chi connectivity index (χ0) is 58.0. The fourth-order valence-electron chi connectivity index (χ4n) is 10.8. The molecule has 2 N–H and O–H groups in total. The van der Waals surface area contributed by atoms with Gasteiger partial charge >= 0.3 is 0 Å². The number of pyridine rings is 1. The van der Waals surface area contributed by atoms with Gasteiger partial charge in [-0.25, -0.2) is 29.6 Å². The summed E-state index contributed by atoms with van der Waals surface area (Å²) in [6.45, 7) is 15.5. The first kappa shape index (κ1) is 60.4. The van der Waals surface area contributed by atoms with E-state index in [1.807, 2.05) is 78.6 Å². The summed E-state index contributed by atoms with van der Waals surface area (Å²) in [6, 6.07) is 34.9. The van der Waals surface area contributed by atoms with Crippen LogP contribution in [0.25, 0.3) is 43.7 Å². The lowest BCUT2D eigenvalue weighted by molar-refractivity contribution is 0.00993.